The average Bonchev–Trinajstić information content (AvgIpc) is 3.35. The molecular weight excluding hydrogens is 344 g/mol. The number of nitrogens with one attached hydrogen (secondary N) is 1. The Hall–Kier alpha value is -3.14. The lowest BCUT2D eigenvalue weighted by molar-refractivity contribution is 0.651. The minimum absolute atomic E-state index is 0.520. The molecular formula is C24H22N4. The Morgan fingerprint density at radius 3 is 3.04 bits per heavy atom. The predicted octanol–water partition coefficient (Wildman–Crippen LogP) is 4.80. The zero-order valence-electron chi connectivity index (χ0n) is 15.7. The summed E-state index contributed by atoms with van der Waals surface area (Å²) in [7, 11) is 0. The van der Waals surface area contributed by atoms with Gasteiger partial charge in [0.05, 0.1) is 16.9 Å². The number of fused-ring (bicyclic) bond motifs is 3. The van der Waals surface area contributed by atoms with Gasteiger partial charge < -0.3 is 9.88 Å². The fourth-order valence-electron chi connectivity index (χ4n) is 4.73. The number of hydrogen-bond acceptors (Lipinski definition) is 3. The van der Waals surface area contributed by atoms with Crippen LogP contribution in [-0.2, 0) is 19.4 Å². The van der Waals surface area contributed by atoms with Crippen molar-refractivity contribution in [3.8, 4) is 11.1 Å². The van der Waals surface area contributed by atoms with E-state index in [1.54, 1.807) is 0 Å². The molecule has 1 N–H and O–H groups in total. The Morgan fingerprint density at radius 1 is 1.07 bits per heavy atom. The van der Waals surface area contributed by atoms with E-state index in [0.717, 1.165) is 37.9 Å². The van der Waals surface area contributed by atoms with Gasteiger partial charge in [0.1, 0.15) is 0 Å². The van der Waals surface area contributed by atoms with Gasteiger partial charge in [-0.15, -0.1) is 0 Å². The number of benzene rings is 1. The van der Waals surface area contributed by atoms with Gasteiger partial charge in [-0.05, 0) is 66.8 Å². The third-order valence-electron chi connectivity index (χ3n) is 6.20. The van der Waals surface area contributed by atoms with Gasteiger partial charge in [0.2, 0.25) is 0 Å². The molecule has 5 heterocycles. The number of rotatable bonds is 2. The van der Waals surface area contributed by atoms with Crippen LogP contribution < -0.4 is 5.32 Å². The molecule has 1 unspecified atom stereocenters. The summed E-state index contributed by atoms with van der Waals surface area (Å²) < 4.78 is 2.36. The molecule has 3 aromatic heterocycles. The van der Waals surface area contributed by atoms with Crippen LogP contribution in [0.5, 0.6) is 0 Å². The molecule has 0 saturated carbocycles. The van der Waals surface area contributed by atoms with E-state index >= 15 is 0 Å². The summed E-state index contributed by atoms with van der Waals surface area (Å²) in [4.78, 5) is 9.33. The van der Waals surface area contributed by atoms with E-state index in [4.69, 9.17) is 4.98 Å². The molecule has 1 atom stereocenters. The number of aromatic nitrogens is 3. The third kappa shape index (κ3) is 2.52. The molecule has 0 aliphatic carbocycles. The van der Waals surface area contributed by atoms with Crippen molar-refractivity contribution in [1.29, 1.82) is 0 Å². The van der Waals surface area contributed by atoms with Gasteiger partial charge in [0.15, 0.2) is 0 Å². The van der Waals surface area contributed by atoms with Gasteiger partial charge in [-0.2, -0.15) is 0 Å². The Bertz CT molecular complexity index is 1170. The highest BCUT2D eigenvalue weighted by Crippen LogP contribution is 2.35. The fraction of sp³-hybridized carbons (Fsp3) is 0.250. The lowest BCUT2D eigenvalue weighted by Crippen LogP contribution is -2.14. The molecule has 0 radical (unpaired) electrons. The molecule has 0 spiro atoms. The quantitative estimate of drug-likeness (QED) is 0.554. The Kier molecular flexibility index (Phi) is 3.51. The van der Waals surface area contributed by atoms with Gasteiger partial charge in [-0.25, -0.2) is 0 Å². The summed E-state index contributed by atoms with van der Waals surface area (Å²) in [6.45, 7) is 2.07. The van der Waals surface area contributed by atoms with Crippen LogP contribution in [0.25, 0.3) is 22.0 Å². The van der Waals surface area contributed by atoms with Crippen LogP contribution in [0.3, 0.4) is 0 Å². The molecule has 4 heteroatoms. The first kappa shape index (κ1) is 15.9. The van der Waals surface area contributed by atoms with E-state index < -0.39 is 0 Å². The molecule has 2 aliphatic rings. The second-order valence-corrected chi connectivity index (χ2v) is 7.94. The molecule has 1 aromatic carbocycles. The van der Waals surface area contributed by atoms with E-state index in [2.05, 4.69) is 69.7 Å². The highest BCUT2D eigenvalue weighted by molar-refractivity contribution is 5.88. The first-order valence-electron chi connectivity index (χ1n) is 10.1. The number of aryl methyl sites for hydroxylation is 1. The molecule has 138 valence electrons. The van der Waals surface area contributed by atoms with Gasteiger partial charge in [-0.1, -0.05) is 6.07 Å². The first-order valence-corrected chi connectivity index (χ1v) is 10.1. The molecule has 28 heavy (non-hydrogen) atoms. The third-order valence-corrected chi connectivity index (χ3v) is 6.20. The zero-order chi connectivity index (χ0) is 18.5. The minimum Gasteiger partial charge on any atom is -0.383 e. The highest BCUT2D eigenvalue weighted by atomic mass is 15.0. The lowest BCUT2D eigenvalue weighted by Gasteiger charge is -2.20. The molecule has 0 amide bonds. The van der Waals surface area contributed by atoms with Crippen molar-refractivity contribution in [1.82, 2.24) is 14.5 Å². The maximum absolute atomic E-state index is 4.76. The van der Waals surface area contributed by atoms with Crippen molar-refractivity contribution >= 4 is 16.6 Å². The summed E-state index contributed by atoms with van der Waals surface area (Å²) in [5, 5.41) is 4.78. The number of anilines is 1. The van der Waals surface area contributed by atoms with Gasteiger partial charge in [0, 0.05) is 54.2 Å². The second-order valence-electron chi connectivity index (χ2n) is 7.94. The maximum atomic E-state index is 4.76. The molecule has 0 fully saturated rings. The zero-order valence-corrected chi connectivity index (χ0v) is 15.7. The first-order chi connectivity index (χ1) is 13.8. The summed E-state index contributed by atoms with van der Waals surface area (Å²) in [6, 6.07) is 15.4. The van der Waals surface area contributed by atoms with E-state index in [-0.39, 0.29) is 0 Å². The minimum atomic E-state index is 0.520. The molecule has 2 aliphatic heterocycles. The van der Waals surface area contributed by atoms with Gasteiger partial charge >= 0.3 is 0 Å². The Labute approximate surface area is 164 Å². The lowest BCUT2D eigenvalue weighted by atomic mass is 9.95. The van der Waals surface area contributed by atoms with Crippen LogP contribution in [0.1, 0.15) is 29.3 Å². The summed E-state index contributed by atoms with van der Waals surface area (Å²) in [5.74, 6) is 0.520. The molecule has 6 rings (SSSR count). The van der Waals surface area contributed by atoms with Crippen LogP contribution in [0.2, 0.25) is 0 Å². The van der Waals surface area contributed by atoms with Crippen LogP contribution >= 0.6 is 0 Å². The maximum Gasteiger partial charge on any atom is 0.0702 e. The van der Waals surface area contributed by atoms with Gasteiger partial charge in [-0.3, -0.25) is 9.97 Å². The van der Waals surface area contributed by atoms with E-state index in [0.29, 0.717) is 5.92 Å². The van der Waals surface area contributed by atoms with Crippen LogP contribution in [-0.4, -0.2) is 21.1 Å². The van der Waals surface area contributed by atoms with Crippen molar-refractivity contribution in [2.24, 2.45) is 0 Å². The number of hydrogen-bond donors (Lipinski definition) is 1. The van der Waals surface area contributed by atoms with Crippen molar-refractivity contribution in [2.75, 3.05) is 11.9 Å². The Morgan fingerprint density at radius 2 is 2.07 bits per heavy atom. The SMILES string of the molecule is c1cc2n(c1)CC(c1cnc3ccc(-c4ccnc5c4NCCC5)cc3c1)C2. The topological polar surface area (TPSA) is 42.7 Å². The molecule has 4 nitrogen and oxygen atoms in total. The van der Waals surface area contributed by atoms with E-state index in [1.165, 1.54) is 39.2 Å². The molecule has 0 bridgehead atoms. The van der Waals surface area contributed by atoms with Crippen molar-refractivity contribution in [3.05, 3.63) is 78.0 Å². The monoisotopic (exact) mass is 366 g/mol. The normalized spacial score (nSPS) is 17.9. The molecule has 0 saturated heterocycles. The fourth-order valence-corrected chi connectivity index (χ4v) is 4.73. The van der Waals surface area contributed by atoms with Crippen molar-refractivity contribution < 1.29 is 0 Å². The Balaban J connectivity index is 1.40. The van der Waals surface area contributed by atoms with Gasteiger partial charge in [0.25, 0.3) is 0 Å². The largest absolute Gasteiger partial charge is 0.383 e. The highest BCUT2D eigenvalue weighted by Gasteiger charge is 2.22. The standard InChI is InChI=1S/C24H22N4/c1-4-23-24(26-8-1)21(7-9-25-23)16-5-6-22-17(11-16)12-18(14-27-22)19-13-20-3-2-10-28(20)15-19/h2-3,5-7,9-12,14,19,26H,1,4,8,13,15H2. The van der Waals surface area contributed by atoms with Crippen molar-refractivity contribution in [2.45, 2.75) is 31.7 Å². The second kappa shape index (κ2) is 6.20. The average molecular weight is 366 g/mol. The van der Waals surface area contributed by atoms with E-state index in [1.807, 2.05) is 6.20 Å². The van der Waals surface area contributed by atoms with Crippen molar-refractivity contribution in [3.63, 3.8) is 0 Å². The van der Waals surface area contributed by atoms with Crippen LogP contribution in [0, 0.1) is 0 Å². The number of pyridine rings is 2. The molecule has 4 aromatic rings. The summed E-state index contributed by atoms with van der Waals surface area (Å²) >= 11 is 0. The smallest absolute Gasteiger partial charge is 0.0702 e. The van der Waals surface area contributed by atoms with Crippen LogP contribution in [0.15, 0.2) is 61.1 Å². The summed E-state index contributed by atoms with van der Waals surface area (Å²) in [6.07, 6.45) is 9.49. The van der Waals surface area contributed by atoms with E-state index in [9.17, 15) is 0 Å². The summed E-state index contributed by atoms with van der Waals surface area (Å²) in [5.41, 5.74) is 8.68. The van der Waals surface area contributed by atoms with Crippen LogP contribution in [0.4, 0.5) is 5.69 Å². The predicted molar refractivity (Wildman–Crippen MR) is 113 cm³/mol. The number of nitrogens with zero attached hydrogens (tertiary/aromatic N) is 3.